The molecular weight excluding hydrogens is 268 g/mol. The molecule has 0 spiro atoms. The molecule has 1 atom stereocenters. The average molecular weight is 290 g/mol. The summed E-state index contributed by atoms with van der Waals surface area (Å²) in [6, 6.07) is 6.46. The smallest absolute Gasteiger partial charge is 0.122 e. The molecule has 1 unspecified atom stereocenters. The lowest BCUT2D eigenvalue weighted by atomic mass is 9.97. The maximum absolute atomic E-state index is 5.81. The molecule has 1 heterocycles. The molecule has 4 heteroatoms. The first-order valence-electron chi connectivity index (χ1n) is 6.66. The standard InChI is InChI=1S/C16H22N2OS/c1-9-8-15(20-12(9)4)16(18-17)13-6-11(3)14(19-5)7-10(13)2/h6-8,16,18H,17H2,1-5H3. The van der Waals surface area contributed by atoms with Crippen LogP contribution in [0.15, 0.2) is 18.2 Å². The van der Waals surface area contributed by atoms with Crippen LogP contribution in [0.25, 0.3) is 0 Å². The van der Waals surface area contributed by atoms with Crippen molar-refractivity contribution in [2.45, 2.75) is 33.7 Å². The van der Waals surface area contributed by atoms with Crippen molar-refractivity contribution in [2.24, 2.45) is 5.84 Å². The third kappa shape index (κ3) is 2.73. The fraction of sp³-hybridized carbons (Fsp3) is 0.375. The van der Waals surface area contributed by atoms with E-state index in [1.54, 1.807) is 18.4 Å². The van der Waals surface area contributed by atoms with Crippen LogP contribution in [-0.4, -0.2) is 7.11 Å². The number of aryl methyl sites for hydroxylation is 4. The van der Waals surface area contributed by atoms with Crippen LogP contribution in [0.4, 0.5) is 0 Å². The Hall–Kier alpha value is -1.36. The highest BCUT2D eigenvalue weighted by Crippen LogP contribution is 2.34. The minimum Gasteiger partial charge on any atom is -0.496 e. The number of nitrogens with one attached hydrogen (secondary N) is 1. The molecule has 1 aromatic heterocycles. The summed E-state index contributed by atoms with van der Waals surface area (Å²) in [5, 5.41) is 0. The van der Waals surface area contributed by atoms with Gasteiger partial charge in [-0.1, -0.05) is 6.07 Å². The van der Waals surface area contributed by atoms with E-state index in [1.165, 1.54) is 26.4 Å². The lowest BCUT2D eigenvalue weighted by molar-refractivity contribution is 0.411. The Bertz CT molecular complexity index is 600. The molecule has 0 aliphatic rings. The quantitative estimate of drug-likeness (QED) is 0.669. The first-order valence-corrected chi connectivity index (χ1v) is 7.47. The van der Waals surface area contributed by atoms with Crippen LogP contribution < -0.4 is 16.0 Å². The topological polar surface area (TPSA) is 47.3 Å². The van der Waals surface area contributed by atoms with E-state index in [0.29, 0.717) is 0 Å². The van der Waals surface area contributed by atoms with Gasteiger partial charge in [0.2, 0.25) is 0 Å². The Balaban J connectivity index is 2.49. The summed E-state index contributed by atoms with van der Waals surface area (Å²) in [7, 11) is 1.70. The van der Waals surface area contributed by atoms with Gasteiger partial charge in [0.25, 0.3) is 0 Å². The average Bonchev–Trinajstić information content (AvgIpc) is 2.74. The Morgan fingerprint density at radius 2 is 1.75 bits per heavy atom. The first kappa shape index (κ1) is 15.0. The van der Waals surface area contributed by atoms with Crippen molar-refractivity contribution in [2.75, 3.05) is 7.11 Å². The summed E-state index contributed by atoms with van der Waals surface area (Å²) in [6.45, 7) is 8.42. The highest BCUT2D eigenvalue weighted by Gasteiger charge is 2.19. The fourth-order valence-electron chi connectivity index (χ4n) is 2.41. The van der Waals surface area contributed by atoms with Crippen molar-refractivity contribution in [1.29, 1.82) is 0 Å². The second kappa shape index (κ2) is 5.95. The van der Waals surface area contributed by atoms with E-state index in [4.69, 9.17) is 10.6 Å². The molecule has 2 aromatic rings. The Morgan fingerprint density at radius 1 is 1.05 bits per heavy atom. The van der Waals surface area contributed by atoms with Gasteiger partial charge in [-0.3, -0.25) is 5.84 Å². The zero-order valence-corrected chi connectivity index (χ0v) is 13.5. The zero-order valence-electron chi connectivity index (χ0n) is 12.7. The third-order valence-corrected chi connectivity index (χ3v) is 4.95. The van der Waals surface area contributed by atoms with Crippen molar-refractivity contribution in [3.63, 3.8) is 0 Å². The van der Waals surface area contributed by atoms with Gasteiger partial charge in [0.05, 0.1) is 13.2 Å². The molecule has 0 saturated heterocycles. The molecule has 1 aromatic carbocycles. The van der Waals surface area contributed by atoms with Crippen LogP contribution in [0, 0.1) is 27.7 Å². The Kier molecular flexibility index (Phi) is 4.48. The van der Waals surface area contributed by atoms with Crippen LogP contribution >= 0.6 is 11.3 Å². The summed E-state index contributed by atoms with van der Waals surface area (Å²) in [5.74, 6) is 6.73. The molecule has 108 valence electrons. The van der Waals surface area contributed by atoms with Gasteiger partial charge < -0.3 is 4.74 Å². The van der Waals surface area contributed by atoms with E-state index in [1.807, 2.05) is 0 Å². The molecule has 0 bridgehead atoms. The van der Waals surface area contributed by atoms with Crippen molar-refractivity contribution in [3.8, 4) is 5.75 Å². The Morgan fingerprint density at radius 3 is 2.25 bits per heavy atom. The largest absolute Gasteiger partial charge is 0.496 e. The van der Waals surface area contributed by atoms with Gasteiger partial charge in [-0.25, -0.2) is 5.43 Å². The second-order valence-electron chi connectivity index (χ2n) is 5.17. The maximum atomic E-state index is 5.81. The Labute approximate surface area is 124 Å². The number of thiophene rings is 1. The lowest BCUT2D eigenvalue weighted by Crippen LogP contribution is -2.28. The van der Waals surface area contributed by atoms with Crippen molar-refractivity contribution >= 4 is 11.3 Å². The summed E-state index contributed by atoms with van der Waals surface area (Å²) >= 11 is 1.79. The molecule has 0 aliphatic carbocycles. The second-order valence-corrected chi connectivity index (χ2v) is 6.45. The molecule has 3 N–H and O–H groups in total. The molecule has 0 radical (unpaired) electrons. The minimum absolute atomic E-state index is 0.0250. The molecule has 2 rings (SSSR count). The van der Waals surface area contributed by atoms with Crippen LogP contribution in [0.5, 0.6) is 5.75 Å². The number of hydrogen-bond acceptors (Lipinski definition) is 4. The van der Waals surface area contributed by atoms with Crippen LogP contribution in [-0.2, 0) is 0 Å². The number of benzene rings is 1. The van der Waals surface area contributed by atoms with E-state index in [-0.39, 0.29) is 6.04 Å². The van der Waals surface area contributed by atoms with E-state index in [0.717, 1.165) is 11.3 Å². The predicted molar refractivity (Wildman–Crippen MR) is 85.4 cm³/mol. The number of methoxy groups -OCH3 is 1. The molecule has 3 nitrogen and oxygen atoms in total. The van der Waals surface area contributed by atoms with Crippen molar-refractivity contribution < 1.29 is 4.74 Å². The summed E-state index contributed by atoms with van der Waals surface area (Å²) in [4.78, 5) is 2.58. The lowest BCUT2D eigenvalue weighted by Gasteiger charge is -2.19. The van der Waals surface area contributed by atoms with E-state index in [2.05, 4.69) is 51.3 Å². The SMILES string of the molecule is COc1cc(C)c(C(NN)c2cc(C)c(C)s2)cc1C. The fourth-order valence-corrected chi connectivity index (χ4v) is 3.53. The molecule has 0 aliphatic heterocycles. The summed E-state index contributed by atoms with van der Waals surface area (Å²) in [5.41, 5.74) is 7.77. The van der Waals surface area contributed by atoms with Crippen LogP contribution in [0.1, 0.15) is 38.0 Å². The molecule has 0 amide bonds. The molecule has 0 fully saturated rings. The highest BCUT2D eigenvalue weighted by molar-refractivity contribution is 7.12. The van der Waals surface area contributed by atoms with Gasteiger partial charge >= 0.3 is 0 Å². The first-order chi connectivity index (χ1) is 9.47. The maximum Gasteiger partial charge on any atom is 0.122 e. The summed E-state index contributed by atoms with van der Waals surface area (Å²) in [6.07, 6.45) is 0. The van der Waals surface area contributed by atoms with Crippen molar-refractivity contribution in [1.82, 2.24) is 5.43 Å². The van der Waals surface area contributed by atoms with Gasteiger partial charge in [-0.2, -0.15) is 0 Å². The van der Waals surface area contributed by atoms with Crippen LogP contribution in [0.3, 0.4) is 0 Å². The molecular formula is C16H22N2OS. The van der Waals surface area contributed by atoms with Gasteiger partial charge in [0.15, 0.2) is 0 Å². The number of nitrogens with two attached hydrogens (primary N) is 1. The minimum atomic E-state index is 0.0250. The van der Waals surface area contributed by atoms with Gasteiger partial charge in [0, 0.05) is 9.75 Å². The number of ether oxygens (including phenoxy) is 1. The molecule has 20 heavy (non-hydrogen) atoms. The molecule has 0 saturated carbocycles. The van der Waals surface area contributed by atoms with E-state index >= 15 is 0 Å². The normalized spacial score (nSPS) is 12.5. The van der Waals surface area contributed by atoms with E-state index in [9.17, 15) is 0 Å². The monoisotopic (exact) mass is 290 g/mol. The number of hydrazine groups is 1. The van der Waals surface area contributed by atoms with Crippen molar-refractivity contribution in [3.05, 3.63) is 50.2 Å². The number of rotatable bonds is 4. The van der Waals surface area contributed by atoms with E-state index < -0.39 is 0 Å². The number of hydrogen-bond donors (Lipinski definition) is 2. The third-order valence-electron chi connectivity index (χ3n) is 3.73. The highest BCUT2D eigenvalue weighted by atomic mass is 32.1. The zero-order chi connectivity index (χ0) is 14.9. The predicted octanol–water partition coefficient (Wildman–Crippen LogP) is 3.54. The van der Waals surface area contributed by atoms with Gasteiger partial charge in [-0.05, 0) is 62.1 Å². The van der Waals surface area contributed by atoms with Crippen LogP contribution in [0.2, 0.25) is 0 Å². The summed E-state index contributed by atoms with van der Waals surface area (Å²) < 4.78 is 5.37. The van der Waals surface area contributed by atoms with Gasteiger partial charge in [-0.15, -0.1) is 11.3 Å². The van der Waals surface area contributed by atoms with Gasteiger partial charge in [0.1, 0.15) is 5.75 Å².